The maximum absolute atomic E-state index is 12.9. The molecule has 1 aromatic carbocycles. The van der Waals surface area contributed by atoms with E-state index in [-0.39, 0.29) is 42.8 Å². The molecule has 1 aromatic rings. The Morgan fingerprint density at radius 3 is 2.31 bits per heavy atom. The van der Waals surface area contributed by atoms with Crippen molar-refractivity contribution in [3.63, 3.8) is 0 Å². The van der Waals surface area contributed by atoms with Crippen molar-refractivity contribution >= 4 is 24.2 Å². The lowest BCUT2D eigenvalue weighted by Gasteiger charge is -2.38. The molecule has 9 heteroatoms. The molecule has 1 saturated heterocycles. The summed E-state index contributed by atoms with van der Waals surface area (Å²) in [6.45, 7) is 5.10. The molecule has 2 atom stereocenters. The zero-order valence-electron chi connectivity index (χ0n) is 15.4. The van der Waals surface area contributed by atoms with Crippen molar-refractivity contribution in [2.75, 3.05) is 33.9 Å². The fourth-order valence-electron chi connectivity index (χ4n) is 2.80. The maximum atomic E-state index is 12.9. The third kappa shape index (κ3) is 4.70. The van der Waals surface area contributed by atoms with Gasteiger partial charge in [0.2, 0.25) is 5.75 Å². The molecule has 0 radical (unpaired) electrons. The summed E-state index contributed by atoms with van der Waals surface area (Å²) in [5, 5.41) is 3.34. The Morgan fingerprint density at radius 2 is 1.81 bits per heavy atom. The molecule has 1 heterocycles. The molecule has 26 heavy (non-hydrogen) atoms. The Morgan fingerprint density at radius 1 is 1.23 bits per heavy atom. The Balaban J connectivity index is 0.00000338. The smallest absolute Gasteiger partial charge is 0.255 e. The summed E-state index contributed by atoms with van der Waals surface area (Å²) in [7, 11) is 2.91. The number of amides is 2. The van der Waals surface area contributed by atoms with Crippen LogP contribution in [-0.2, 0) is 4.79 Å². The molecule has 2 rings (SSSR count). The summed E-state index contributed by atoms with van der Waals surface area (Å²) < 4.78 is 16.0. The number of hydrogen-bond acceptors (Lipinski definition) is 6. The Kier molecular flexibility index (Phi) is 7.98. The van der Waals surface area contributed by atoms with Crippen LogP contribution in [0.3, 0.4) is 0 Å². The number of nitrogens with zero attached hydrogens (tertiary/aromatic N) is 1. The van der Waals surface area contributed by atoms with Crippen LogP contribution in [0.2, 0.25) is 0 Å². The van der Waals surface area contributed by atoms with E-state index in [4.69, 9.17) is 19.9 Å². The second-order valence-electron chi connectivity index (χ2n) is 5.95. The van der Waals surface area contributed by atoms with Gasteiger partial charge in [0.05, 0.1) is 14.2 Å². The van der Waals surface area contributed by atoms with Gasteiger partial charge < -0.3 is 30.2 Å². The third-order valence-electron chi connectivity index (χ3n) is 4.36. The van der Waals surface area contributed by atoms with E-state index in [0.29, 0.717) is 23.6 Å². The third-order valence-corrected chi connectivity index (χ3v) is 4.36. The summed E-state index contributed by atoms with van der Waals surface area (Å²) in [6.07, 6.45) is 0. The number of piperazine rings is 1. The van der Waals surface area contributed by atoms with Gasteiger partial charge in [-0.1, -0.05) is 0 Å². The molecule has 0 saturated carbocycles. The van der Waals surface area contributed by atoms with Gasteiger partial charge >= 0.3 is 0 Å². The van der Waals surface area contributed by atoms with Crippen molar-refractivity contribution in [2.45, 2.75) is 25.9 Å². The number of halogens is 1. The van der Waals surface area contributed by atoms with Gasteiger partial charge in [0.1, 0.15) is 0 Å². The van der Waals surface area contributed by atoms with Crippen LogP contribution in [-0.4, -0.2) is 62.7 Å². The quantitative estimate of drug-likeness (QED) is 0.748. The zero-order valence-corrected chi connectivity index (χ0v) is 16.2. The number of methoxy groups -OCH3 is 2. The number of nitrogens with one attached hydrogen (secondary N) is 1. The van der Waals surface area contributed by atoms with Crippen molar-refractivity contribution in [3.05, 3.63) is 17.7 Å². The first-order valence-corrected chi connectivity index (χ1v) is 8.10. The van der Waals surface area contributed by atoms with Crippen LogP contribution in [0.15, 0.2) is 12.1 Å². The normalized spacial score (nSPS) is 19.3. The largest absolute Gasteiger partial charge is 0.493 e. The van der Waals surface area contributed by atoms with Gasteiger partial charge in [0.15, 0.2) is 18.1 Å². The summed E-state index contributed by atoms with van der Waals surface area (Å²) in [4.78, 5) is 25.7. The minimum absolute atomic E-state index is 0. The molecule has 0 bridgehead atoms. The molecule has 0 aromatic heterocycles. The van der Waals surface area contributed by atoms with Crippen molar-refractivity contribution in [1.82, 2.24) is 10.2 Å². The first kappa shape index (κ1) is 21.9. The van der Waals surface area contributed by atoms with E-state index < -0.39 is 5.91 Å². The summed E-state index contributed by atoms with van der Waals surface area (Å²) in [5.41, 5.74) is 5.55. The number of rotatable bonds is 6. The molecule has 2 amide bonds. The second kappa shape index (κ2) is 9.49. The van der Waals surface area contributed by atoms with E-state index in [1.54, 1.807) is 12.1 Å². The molecule has 0 aliphatic carbocycles. The summed E-state index contributed by atoms with van der Waals surface area (Å²) in [5.74, 6) is 0.119. The number of carbonyl (C=O) groups excluding carboxylic acids is 2. The molecular formula is C17H26ClN3O5. The molecule has 0 spiro atoms. The van der Waals surface area contributed by atoms with Crippen molar-refractivity contribution < 1.29 is 23.8 Å². The van der Waals surface area contributed by atoms with Crippen LogP contribution in [0.4, 0.5) is 0 Å². The van der Waals surface area contributed by atoms with E-state index >= 15 is 0 Å². The van der Waals surface area contributed by atoms with E-state index in [9.17, 15) is 9.59 Å². The van der Waals surface area contributed by atoms with Crippen molar-refractivity contribution in [2.24, 2.45) is 5.73 Å². The van der Waals surface area contributed by atoms with Crippen LogP contribution in [0.25, 0.3) is 0 Å². The van der Waals surface area contributed by atoms with Gasteiger partial charge in [-0.05, 0) is 26.0 Å². The van der Waals surface area contributed by atoms with Crippen LogP contribution in [0, 0.1) is 0 Å². The van der Waals surface area contributed by atoms with Crippen LogP contribution >= 0.6 is 12.4 Å². The first-order chi connectivity index (χ1) is 11.9. The number of ether oxygens (including phenoxy) is 3. The molecule has 146 valence electrons. The number of carbonyl (C=O) groups is 2. The highest BCUT2D eigenvalue weighted by Crippen LogP contribution is 2.39. The standard InChI is InChI=1S/C17H25N3O5.ClH/c1-10-11(2)20(6-5-19-10)17(22)12-7-13(23-3)16(14(8-12)24-4)25-9-15(18)21;/h7-8,10-11,19H,5-6,9H2,1-4H3,(H2,18,21);1H. The Labute approximate surface area is 159 Å². The van der Waals surface area contributed by atoms with Crippen molar-refractivity contribution in [3.8, 4) is 17.2 Å². The lowest BCUT2D eigenvalue weighted by Crippen LogP contribution is -2.57. The summed E-state index contributed by atoms with van der Waals surface area (Å²) >= 11 is 0. The Hall–Kier alpha value is -2.19. The van der Waals surface area contributed by atoms with E-state index in [0.717, 1.165) is 6.54 Å². The molecule has 1 fully saturated rings. The average molecular weight is 388 g/mol. The molecule has 8 nitrogen and oxygen atoms in total. The number of primary amides is 1. The summed E-state index contributed by atoms with van der Waals surface area (Å²) in [6, 6.07) is 3.44. The van der Waals surface area contributed by atoms with Crippen molar-refractivity contribution in [1.29, 1.82) is 0 Å². The first-order valence-electron chi connectivity index (χ1n) is 8.10. The Bertz CT molecular complexity index is 630. The number of nitrogens with two attached hydrogens (primary N) is 1. The highest BCUT2D eigenvalue weighted by atomic mass is 35.5. The van der Waals surface area contributed by atoms with Crippen LogP contribution < -0.4 is 25.3 Å². The highest BCUT2D eigenvalue weighted by molar-refractivity contribution is 5.96. The maximum Gasteiger partial charge on any atom is 0.255 e. The van der Waals surface area contributed by atoms with Gasteiger partial charge in [-0.25, -0.2) is 0 Å². The SMILES string of the molecule is COc1cc(C(=O)N2CCNC(C)C2C)cc(OC)c1OCC(N)=O.Cl. The van der Waals surface area contributed by atoms with Crippen LogP contribution in [0.5, 0.6) is 17.2 Å². The lowest BCUT2D eigenvalue weighted by atomic mass is 10.0. The second-order valence-corrected chi connectivity index (χ2v) is 5.95. The minimum atomic E-state index is -0.618. The average Bonchev–Trinajstić information content (AvgIpc) is 2.60. The van der Waals surface area contributed by atoms with Gasteiger partial charge in [-0.2, -0.15) is 0 Å². The molecule has 1 aliphatic rings. The van der Waals surface area contributed by atoms with E-state index in [1.165, 1.54) is 14.2 Å². The number of hydrogen-bond donors (Lipinski definition) is 2. The molecular weight excluding hydrogens is 362 g/mol. The molecule has 3 N–H and O–H groups in total. The highest BCUT2D eigenvalue weighted by Gasteiger charge is 2.30. The zero-order chi connectivity index (χ0) is 18.6. The van der Waals surface area contributed by atoms with E-state index in [1.807, 2.05) is 18.7 Å². The lowest BCUT2D eigenvalue weighted by molar-refractivity contribution is -0.120. The predicted molar refractivity (Wildman–Crippen MR) is 99.4 cm³/mol. The fourth-order valence-corrected chi connectivity index (χ4v) is 2.80. The molecule has 2 unspecified atom stereocenters. The van der Waals surface area contributed by atoms with Gasteiger partial charge in [-0.3, -0.25) is 9.59 Å². The van der Waals surface area contributed by atoms with Gasteiger partial charge in [-0.15, -0.1) is 12.4 Å². The molecule has 1 aliphatic heterocycles. The van der Waals surface area contributed by atoms with Gasteiger partial charge in [0, 0.05) is 30.7 Å². The topological polar surface area (TPSA) is 103 Å². The van der Waals surface area contributed by atoms with Gasteiger partial charge in [0.25, 0.3) is 11.8 Å². The monoisotopic (exact) mass is 387 g/mol. The number of benzene rings is 1. The van der Waals surface area contributed by atoms with Crippen LogP contribution in [0.1, 0.15) is 24.2 Å². The fraction of sp³-hybridized carbons (Fsp3) is 0.529. The predicted octanol–water partition coefficient (Wildman–Crippen LogP) is 0.812. The minimum Gasteiger partial charge on any atom is -0.493 e. The van der Waals surface area contributed by atoms with E-state index in [2.05, 4.69) is 5.32 Å².